The summed E-state index contributed by atoms with van der Waals surface area (Å²) in [6.07, 6.45) is 3.00. The molecule has 1 unspecified atom stereocenters. The van der Waals surface area contributed by atoms with Gasteiger partial charge in [0.1, 0.15) is 0 Å². The van der Waals surface area contributed by atoms with Crippen LogP contribution in [0.4, 0.5) is 0 Å². The molecule has 0 aliphatic carbocycles. The van der Waals surface area contributed by atoms with Crippen LogP contribution in [-0.2, 0) is 17.8 Å². The molecule has 2 saturated heterocycles. The molecule has 2 aliphatic rings. The standard InChI is InChI=1S/C23H31N5O2/c1-24-23(28-11-9-21(18-28)26-12-14-30-15-13-26)25-16-19-5-7-20(8-6-19)17-27-10-3-2-4-22(27)29/h2-8,10,21H,9,11-18H2,1H3,(H,24,25). The first-order valence-electron chi connectivity index (χ1n) is 10.7. The predicted molar refractivity (Wildman–Crippen MR) is 119 cm³/mol. The molecule has 2 aromatic rings. The molecule has 30 heavy (non-hydrogen) atoms. The van der Waals surface area contributed by atoms with E-state index in [2.05, 4.69) is 44.4 Å². The quantitative estimate of drug-likeness (QED) is 0.597. The molecular weight excluding hydrogens is 378 g/mol. The predicted octanol–water partition coefficient (Wildman–Crippen LogP) is 1.38. The Morgan fingerprint density at radius 2 is 1.87 bits per heavy atom. The van der Waals surface area contributed by atoms with Gasteiger partial charge in [0, 0.05) is 58.1 Å². The van der Waals surface area contributed by atoms with Crippen LogP contribution in [0, 0.1) is 0 Å². The minimum atomic E-state index is 0.0213. The minimum absolute atomic E-state index is 0.0213. The number of pyridine rings is 1. The summed E-state index contributed by atoms with van der Waals surface area (Å²) in [6, 6.07) is 14.2. The lowest BCUT2D eigenvalue weighted by atomic mass is 10.1. The van der Waals surface area contributed by atoms with Gasteiger partial charge in [-0.1, -0.05) is 30.3 Å². The van der Waals surface area contributed by atoms with Crippen LogP contribution in [0.25, 0.3) is 0 Å². The Kier molecular flexibility index (Phi) is 6.81. The van der Waals surface area contributed by atoms with E-state index < -0.39 is 0 Å². The summed E-state index contributed by atoms with van der Waals surface area (Å²) in [5.41, 5.74) is 2.33. The van der Waals surface area contributed by atoms with Gasteiger partial charge in [-0.25, -0.2) is 0 Å². The molecule has 0 saturated carbocycles. The maximum absolute atomic E-state index is 11.9. The highest BCUT2D eigenvalue weighted by Gasteiger charge is 2.30. The molecule has 0 amide bonds. The van der Waals surface area contributed by atoms with Crippen molar-refractivity contribution >= 4 is 5.96 Å². The monoisotopic (exact) mass is 409 g/mol. The van der Waals surface area contributed by atoms with E-state index in [0.717, 1.165) is 57.5 Å². The first-order chi connectivity index (χ1) is 14.7. The minimum Gasteiger partial charge on any atom is -0.379 e. The number of ether oxygens (including phenoxy) is 1. The number of guanidine groups is 1. The van der Waals surface area contributed by atoms with Crippen molar-refractivity contribution in [3.8, 4) is 0 Å². The van der Waals surface area contributed by atoms with Crippen molar-refractivity contribution in [2.45, 2.75) is 25.6 Å². The number of likely N-dealkylation sites (tertiary alicyclic amines) is 1. The molecule has 1 aromatic carbocycles. The molecule has 7 heteroatoms. The van der Waals surface area contributed by atoms with E-state index in [1.165, 1.54) is 12.0 Å². The number of aromatic nitrogens is 1. The Morgan fingerprint density at radius 3 is 2.60 bits per heavy atom. The van der Waals surface area contributed by atoms with Gasteiger partial charge < -0.3 is 19.5 Å². The zero-order valence-corrected chi connectivity index (χ0v) is 17.7. The third-order valence-electron chi connectivity index (χ3n) is 5.96. The van der Waals surface area contributed by atoms with Crippen LogP contribution < -0.4 is 10.9 Å². The Balaban J connectivity index is 1.29. The van der Waals surface area contributed by atoms with Crippen molar-refractivity contribution in [1.82, 2.24) is 19.7 Å². The van der Waals surface area contributed by atoms with Gasteiger partial charge in [-0.3, -0.25) is 14.7 Å². The second kappa shape index (κ2) is 9.91. The highest BCUT2D eigenvalue weighted by atomic mass is 16.5. The van der Waals surface area contributed by atoms with E-state index in [1.807, 2.05) is 19.3 Å². The second-order valence-corrected chi connectivity index (χ2v) is 7.92. The second-order valence-electron chi connectivity index (χ2n) is 7.92. The van der Waals surface area contributed by atoms with Gasteiger partial charge >= 0.3 is 0 Å². The van der Waals surface area contributed by atoms with Gasteiger partial charge in [-0.15, -0.1) is 0 Å². The van der Waals surface area contributed by atoms with Crippen molar-refractivity contribution in [3.63, 3.8) is 0 Å². The fourth-order valence-corrected chi connectivity index (χ4v) is 4.24. The molecule has 1 aromatic heterocycles. The van der Waals surface area contributed by atoms with E-state index in [4.69, 9.17) is 4.74 Å². The summed E-state index contributed by atoms with van der Waals surface area (Å²) in [5.74, 6) is 0.964. The Hall–Kier alpha value is -2.64. The summed E-state index contributed by atoms with van der Waals surface area (Å²) in [5, 5.41) is 3.51. The fraction of sp³-hybridized carbons (Fsp3) is 0.478. The van der Waals surface area contributed by atoms with Gasteiger partial charge in [0.15, 0.2) is 5.96 Å². The number of hydrogen-bond acceptors (Lipinski definition) is 4. The lowest BCUT2D eigenvalue weighted by molar-refractivity contribution is 0.0195. The molecule has 1 N–H and O–H groups in total. The van der Waals surface area contributed by atoms with Crippen LogP contribution in [0.5, 0.6) is 0 Å². The SMILES string of the molecule is CN=C(NCc1ccc(Cn2ccccc2=O)cc1)N1CCC(N2CCOCC2)C1. The van der Waals surface area contributed by atoms with E-state index >= 15 is 0 Å². The molecule has 0 radical (unpaired) electrons. The Labute approximate surface area is 178 Å². The van der Waals surface area contributed by atoms with Crippen LogP contribution in [0.15, 0.2) is 58.4 Å². The first-order valence-corrected chi connectivity index (χ1v) is 10.7. The molecule has 3 heterocycles. The smallest absolute Gasteiger partial charge is 0.250 e. The normalized spacial score (nSPS) is 20.5. The van der Waals surface area contributed by atoms with Crippen LogP contribution in [-0.4, -0.2) is 72.8 Å². The highest BCUT2D eigenvalue weighted by Crippen LogP contribution is 2.17. The molecule has 160 valence electrons. The summed E-state index contributed by atoms with van der Waals surface area (Å²) in [6.45, 7) is 7.13. The Bertz CT molecular complexity index is 902. The number of nitrogens with one attached hydrogen (secondary N) is 1. The maximum Gasteiger partial charge on any atom is 0.250 e. The summed E-state index contributed by atoms with van der Waals surface area (Å²) in [7, 11) is 1.85. The average molecular weight is 410 g/mol. The van der Waals surface area contributed by atoms with Crippen LogP contribution in [0.3, 0.4) is 0 Å². The number of aliphatic imine (C=N–C) groups is 1. The third-order valence-corrected chi connectivity index (χ3v) is 5.96. The zero-order chi connectivity index (χ0) is 20.8. The van der Waals surface area contributed by atoms with E-state index in [-0.39, 0.29) is 5.56 Å². The molecule has 0 bridgehead atoms. The van der Waals surface area contributed by atoms with Gasteiger partial charge in [0.05, 0.1) is 19.8 Å². The van der Waals surface area contributed by atoms with E-state index in [1.54, 1.807) is 16.7 Å². The van der Waals surface area contributed by atoms with Crippen molar-refractivity contribution in [2.75, 3.05) is 46.4 Å². The van der Waals surface area contributed by atoms with Crippen LogP contribution in [0.2, 0.25) is 0 Å². The summed E-state index contributed by atoms with van der Waals surface area (Å²) >= 11 is 0. The average Bonchev–Trinajstić information content (AvgIpc) is 3.28. The maximum atomic E-state index is 11.9. The molecule has 7 nitrogen and oxygen atoms in total. The van der Waals surface area contributed by atoms with Crippen molar-refractivity contribution in [1.29, 1.82) is 0 Å². The molecule has 2 fully saturated rings. The first kappa shape index (κ1) is 20.6. The lowest BCUT2D eigenvalue weighted by Gasteiger charge is -2.32. The Morgan fingerprint density at radius 1 is 1.10 bits per heavy atom. The highest BCUT2D eigenvalue weighted by molar-refractivity contribution is 5.80. The molecule has 2 aliphatic heterocycles. The molecule has 4 rings (SSSR count). The van der Waals surface area contributed by atoms with Gasteiger partial charge in [0.25, 0.3) is 5.56 Å². The van der Waals surface area contributed by atoms with Gasteiger partial charge in [0.2, 0.25) is 0 Å². The molecule has 0 spiro atoms. The molecule has 1 atom stereocenters. The number of morpholine rings is 1. The molecular formula is C23H31N5O2. The number of nitrogens with zero attached hydrogens (tertiary/aromatic N) is 4. The van der Waals surface area contributed by atoms with Crippen LogP contribution >= 0.6 is 0 Å². The van der Waals surface area contributed by atoms with Gasteiger partial charge in [-0.2, -0.15) is 0 Å². The van der Waals surface area contributed by atoms with Crippen LogP contribution in [0.1, 0.15) is 17.5 Å². The number of rotatable bonds is 5. The topological polar surface area (TPSA) is 62.1 Å². The van der Waals surface area contributed by atoms with Crippen molar-refractivity contribution < 1.29 is 4.74 Å². The van der Waals surface area contributed by atoms with Crippen molar-refractivity contribution in [2.24, 2.45) is 4.99 Å². The number of hydrogen-bond donors (Lipinski definition) is 1. The van der Waals surface area contributed by atoms with Crippen molar-refractivity contribution in [3.05, 3.63) is 70.1 Å². The third kappa shape index (κ3) is 5.09. The zero-order valence-electron chi connectivity index (χ0n) is 17.7. The number of benzene rings is 1. The fourth-order valence-electron chi connectivity index (χ4n) is 4.24. The largest absolute Gasteiger partial charge is 0.379 e. The summed E-state index contributed by atoms with van der Waals surface area (Å²) < 4.78 is 7.20. The van der Waals surface area contributed by atoms with E-state index in [0.29, 0.717) is 12.6 Å². The van der Waals surface area contributed by atoms with E-state index in [9.17, 15) is 4.79 Å². The lowest BCUT2D eigenvalue weighted by Crippen LogP contribution is -2.46. The summed E-state index contributed by atoms with van der Waals surface area (Å²) in [4.78, 5) is 21.3. The van der Waals surface area contributed by atoms with Gasteiger partial charge in [-0.05, 0) is 23.6 Å².